The molecule has 1 N–H and O–H groups in total. The van der Waals surface area contributed by atoms with Crippen LogP contribution < -0.4 is 10.1 Å². The summed E-state index contributed by atoms with van der Waals surface area (Å²) in [5.41, 5.74) is 2.37. The maximum absolute atomic E-state index is 5.77. The van der Waals surface area contributed by atoms with Gasteiger partial charge in [0, 0.05) is 18.2 Å². The van der Waals surface area contributed by atoms with Crippen LogP contribution in [0.25, 0.3) is 11.5 Å². The van der Waals surface area contributed by atoms with Gasteiger partial charge in [0.15, 0.2) is 0 Å². The van der Waals surface area contributed by atoms with E-state index in [1.165, 1.54) is 32.1 Å². The topological polar surface area (TPSA) is 47.3 Å². The molecule has 28 heavy (non-hydrogen) atoms. The Hall–Kier alpha value is -1.81. The predicted octanol–water partition coefficient (Wildman–Crippen LogP) is 6.22. The van der Waals surface area contributed by atoms with E-state index in [1.54, 1.807) is 6.26 Å². The number of oxazole rings is 1. The van der Waals surface area contributed by atoms with Crippen molar-refractivity contribution in [1.29, 1.82) is 0 Å². The molecule has 1 aliphatic carbocycles. The molecule has 2 atom stereocenters. The van der Waals surface area contributed by atoms with E-state index in [1.807, 2.05) is 24.3 Å². The van der Waals surface area contributed by atoms with Gasteiger partial charge in [-0.05, 0) is 61.3 Å². The number of rotatable bonds is 9. The smallest absolute Gasteiger partial charge is 0.226 e. The van der Waals surface area contributed by atoms with Crippen molar-refractivity contribution >= 4 is 0 Å². The average Bonchev–Trinajstić information content (AvgIpc) is 3.12. The van der Waals surface area contributed by atoms with Crippen LogP contribution in [0, 0.1) is 11.3 Å². The van der Waals surface area contributed by atoms with Crippen LogP contribution in [0.15, 0.2) is 34.9 Å². The second kappa shape index (κ2) is 9.60. The fourth-order valence-electron chi connectivity index (χ4n) is 4.51. The van der Waals surface area contributed by atoms with Gasteiger partial charge in [-0.2, -0.15) is 0 Å². The molecule has 1 aromatic heterocycles. The number of nitrogens with zero attached hydrogens (tertiary/aromatic N) is 1. The lowest BCUT2D eigenvalue weighted by molar-refractivity contribution is 0.150. The van der Waals surface area contributed by atoms with Gasteiger partial charge in [0.1, 0.15) is 12.0 Å². The first-order valence-corrected chi connectivity index (χ1v) is 10.9. The molecule has 0 aliphatic heterocycles. The van der Waals surface area contributed by atoms with Crippen LogP contribution in [-0.2, 0) is 6.54 Å². The first-order chi connectivity index (χ1) is 13.4. The van der Waals surface area contributed by atoms with Crippen LogP contribution in [0.5, 0.6) is 5.75 Å². The number of aromatic nitrogens is 1. The van der Waals surface area contributed by atoms with Crippen LogP contribution in [0.3, 0.4) is 0 Å². The monoisotopic (exact) mass is 384 g/mol. The van der Waals surface area contributed by atoms with Crippen molar-refractivity contribution < 1.29 is 9.15 Å². The van der Waals surface area contributed by atoms with Crippen molar-refractivity contribution in [1.82, 2.24) is 10.3 Å². The van der Waals surface area contributed by atoms with Crippen molar-refractivity contribution in [2.75, 3.05) is 6.61 Å². The zero-order valence-electron chi connectivity index (χ0n) is 18.0. The number of hydrogen-bond acceptors (Lipinski definition) is 4. The Bertz CT molecular complexity index is 720. The second-order valence-corrected chi connectivity index (χ2v) is 9.22. The summed E-state index contributed by atoms with van der Waals surface area (Å²) in [7, 11) is 0. The molecule has 1 heterocycles. The Balaban J connectivity index is 1.51. The first kappa shape index (κ1) is 20.9. The Morgan fingerprint density at radius 2 is 1.96 bits per heavy atom. The van der Waals surface area contributed by atoms with Gasteiger partial charge in [0.05, 0.1) is 12.3 Å². The van der Waals surface area contributed by atoms with Crippen molar-refractivity contribution in [3.8, 4) is 17.2 Å². The van der Waals surface area contributed by atoms with Crippen LogP contribution in [0.4, 0.5) is 0 Å². The molecule has 4 heteroatoms. The van der Waals surface area contributed by atoms with Crippen LogP contribution in [-0.4, -0.2) is 17.6 Å². The molecular weight excluding hydrogens is 348 g/mol. The van der Waals surface area contributed by atoms with E-state index < -0.39 is 0 Å². The van der Waals surface area contributed by atoms with Crippen molar-refractivity contribution in [2.45, 2.75) is 78.8 Å². The Morgan fingerprint density at radius 1 is 1.18 bits per heavy atom. The van der Waals surface area contributed by atoms with Gasteiger partial charge in [-0.1, -0.05) is 40.5 Å². The largest absolute Gasteiger partial charge is 0.494 e. The molecular formula is C24H36N2O2. The Labute approximate surface area is 170 Å². The van der Waals surface area contributed by atoms with Gasteiger partial charge in [-0.15, -0.1) is 0 Å². The van der Waals surface area contributed by atoms with Gasteiger partial charge >= 0.3 is 0 Å². The summed E-state index contributed by atoms with van der Waals surface area (Å²) in [5, 5.41) is 3.69. The van der Waals surface area contributed by atoms with Gasteiger partial charge in [0.2, 0.25) is 5.89 Å². The van der Waals surface area contributed by atoms with E-state index in [2.05, 4.69) is 38.0 Å². The number of ether oxygens (including phenoxy) is 1. The van der Waals surface area contributed by atoms with Gasteiger partial charge < -0.3 is 14.5 Å². The molecule has 2 aromatic rings. The summed E-state index contributed by atoms with van der Waals surface area (Å²) in [4.78, 5) is 4.67. The van der Waals surface area contributed by atoms with Crippen molar-refractivity contribution in [3.63, 3.8) is 0 Å². The molecule has 0 bridgehead atoms. The highest BCUT2D eigenvalue weighted by Gasteiger charge is 2.31. The molecule has 1 aromatic carbocycles. The third-order valence-corrected chi connectivity index (χ3v) is 5.63. The number of benzene rings is 1. The van der Waals surface area contributed by atoms with Crippen LogP contribution in [0.2, 0.25) is 0 Å². The lowest BCUT2D eigenvalue weighted by Gasteiger charge is -2.39. The van der Waals surface area contributed by atoms with Gasteiger partial charge in [-0.25, -0.2) is 4.98 Å². The predicted molar refractivity (Wildman–Crippen MR) is 114 cm³/mol. The lowest BCUT2D eigenvalue weighted by Crippen LogP contribution is -2.39. The minimum absolute atomic E-state index is 0.421. The summed E-state index contributed by atoms with van der Waals surface area (Å²) in [6, 6.07) is 8.58. The maximum atomic E-state index is 5.77. The third-order valence-electron chi connectivity index (χ3n) is 5.63. The van der Waals surface area contributed by atoms with Crippen LogP contribution in [0.1, 0.15) is 71.9 Å². The zero-order valence-corrected chi connectivity index (χ0v) is 18.0. The Morgan fingerprint density at radius 3 is 2.68 bits per heavy atom. The summed E-state index contributed by atoms with van der Waals surface area (Å²) in [6.45, 7) is 10.9. The fourth-order valence-corrected chi connectivity index (χ4v) is 4.51. The number of nitrogens with one attached hydrogen (secondary N) is 1. The van der Waals surface area contributed by atoms with Crippen LogP contribution >= 0.6 is 0 Å². The first-order valence-electron chi connectivity index (χ1n) is 10.9. The molecule has 4 nitrogen and oxygen atoms in total. The third kappa shape index (κ3) is 6.10. The highest BCUT2D eigenvalue weighted by atomic mass is 16.5. The van der Waals surface area contributed by atoms with E-state index in [0.29, 0.717) is 17.3 Å². The minimum Gasteiger partial charge on any atom is -0.494 e. The summed E-state index contributed by atoms with van der Waals surface area (Å²) >= 11 is 0. The fraction of sp³-hybridized carbons (Fsp3) is 0.625. The molecule has 0 saturated heterocycles. The normalized spacial score (nSPS) is 21.6. The molecule has 1 fully saturated rings. The molecule has 2 unspecified atom stereocenters. The molecule has 154 valence electrons. The van der Waals surface area contributed by atoms with Crippen molar-refractivity contribution in [3.05, 3.63) is 36.2 Å². The number of unbranched alkanes of at least 4 members (excludes halogenated alkanes) is 2. The molecule has 0 spiro atoms. The number of hydrogen-bond donors (Lipinski definition) is 1. The molecule has 0 amide bonds. The minimum atomic E-state index is 0.421. The van der Waals surface area contributed by atoms with E-state index in [4.69, 9.17) is 9.15 Å². The van der Waals surface area contributed by atoms with E-state index >= 15 is 0 Å². The van der Waals surface area contributed by atoms with Gasteiger partial charge in [0.25, 0.3) is 0 Å². The average molecular weight is 385 g/mol. The SMILES string of the molecule is CCCCCOc1ccc(-c2nc(CNC3CC(C)CC(C)(C)C3)co2)cc1. The highest BCUT2D eigenvalue weighted by molar-refractivity contribution is 5.54. The van der Waals surface area contributed by atoms with E-state index in [-0.39, 0.29) is 0 Å². The highest BCUT2D eigenvalue weighted by Crippen LogP contribution is 2.38. The summed E-state index contributed by atoms with van der Waals surface area (Å²) in [6.07, 6.45) is 9.08. The van der Waals surface area contributed by atoms with E-state index in [9.17, 15) is 0 Å². The standard InChI is InChI=1S/C24H36N2O2/c1-5-6-7-12-27-22-10-8-19(9-11-22)23-26-21(17-28-23)16-25-20-13-18(2)14-24(3,4)15-20/h8-11,17-18,20,25H,5-7,12-16H2,1-4H3. The summed E-state index contributed by atoms with van der Waals surface area (Å²) < 4.78 is 11.5. The second-order valence-electron chi connectivity index (χ2n) is 9.22. The quantitative estimate of drug-likeness (QED) is 0.522. The molecule has 1 saturated carbocycles. The zero-order chi connectivity index (χ0) is 20.0. The van der Waals surface area contributed by atoms with Gasteiger partial charge in [-0.3, -0.25) is 0 Å². The van der Waals surface area contributed by atoms with E-state index in [0.717, 1.165) is 42.5 Å². The van der Waals surface area contributed by atoms with Crippen molar-refractivity contribution in [2.24, 2.45) is 11.3 Å². The lowest BCUT2D eigenvalue weighted by atomic mass is 9.70. The molecule has 1 aliphatic rings. The molecule has 3 rings (SSSR count). The Kier molecular flexibility index (Phi) is 7.17. The maximum Gasteiger partial charge on any atom is 0.226 e. The summed E-state index contributed by atoms with van der Waals surface area (Å²) in [5.74, 6) is 2.35. The molecule has 0 radical (unpaired) electrons.